The Bertz CT molecular complexity index is 396. The maximum Gasteiger partial charge on any atom is 0.254 e. The maximum atomic E-state index is 13.3. The molecule has 1 amide bonds. The number of amides is 1. The summed E-state index contributed by atoms with van der Waals surface area (Å²) in [4.78, 5) is 15.3. The van der Waals surface area contributed by atoms with Gasteiger partial charge in [-0.25, -0.2) is 4.39 Å². The third-order valence-electron chi connectivity index (χ3n) is 2.52. The van der Waals surface area contributed by atoms with Gasteiger partial charge >= 0.3 is 0 Å². The number of alkyl halides is 1. The number of carbonyl (C=O) groups is 1. The Kier molecular flexibility index (Phi) is 4.87. The van der Waals surface area contributed by atoms with E-state index in [1.165, 1.54) is 12.3 Å². The predicted octanol–water partition coefficient (Wildman–Crippen LogP) is 2.61. The molecule has 0 aliphatic heterocycles. The van der Waals surface area contributed by atoms with Crippen molar-refractivity contribution < 1.29 is 9.18 Å². The Labute approximate surface area is 105 Å². The predicted molar refractivity (Wildman–Crippen MR) is 65.6 cm³/mol. The fourth-order valence-electron chi connectivity index (χ4n) is 1.32. The Balaban J connectivity index is 2.59. The largest absolute Gasteiger partial charge is 0.351 e. The lowest BCUT2D eigenvalue weighted by Gasteiger charge is -2.23. The molecule has 5 heteroatoms. The van der Waals surface area contributed by atoms with Crippen LogP contribution in [0.3, 0.4) is 0 Å². The van der Waals surface area contributed by atoms with Crippen molar-refractivity contribution >= 4 is 17.5 Å². The van der Waals surface area contributed by atoms with E-state index in [9.17, 15) is 9.18 Å². The second kappa shape index (κ2) is 5.96. The lowest BCUT2D eigenvalue weighted by molar-refractivity contribution is 0.0931. The van der Waals surface area contributed by atoms with Crippen LogP contribution in [0.15, 0.2) is 18.5 Å². The van der Waals surface area contributed by atoms with Gasteiger partial charge in [-0.2, -0.15) is 0 Å². The van der Waals surface area contributed by atoms with Crippen molar-refractivity contribution in [2.45, 2.75) is 20.3 Å². The number of halogens is 2. The summed E-state index contributed by atoms with van der Waals surface area (Å²) < 4.78 is 13.3. The second-order valence-electron chi connectivity index (χ2n) is 4.64. The summed E-state index contributed by atoms with van der Waals surface area (Å²) in [6.45, 7) is 4.46. The third kappa shape index (κ3) is 4.30. The second-order valence-corrected chi connectivity index (χ2v) is 5.02. The highest BCUT2D eigenvalue weighted by atomic mass is 35.5. The number of hydrogen-bond acceptors (Lipinski definition) is 2. The van der Waals surface area contributed by atoms with Gasteiger partial charge in [0.25, 0.3) is 5.91 Å². The van der Waals surface area contributed by atoms with Crippen LogP contribution in [0, 0.1) is 11.2 Å². The van der Waals surface area contributed by atoms with Crippen LogP contribution in [0.5, 0.6) is 0 Å². The van der Waals surface area contributed by atoms with Crippen molar-refractivity contribution in [3.63, 3.8) is 0 Å². The molecule has 1 aromatic heterocycles. The fourth-order valence-corrected chi connectivity index (χ4v) is 1.83. The van der Waals surface area contributed by atoms with Gasteiger partial charge in [0.05, 0.1) is 11.8 Å². The number of carbonyl (C=O) groups excluding carboxylic acids is 1. The first-order chi connectivity index (χ1) is 7.96. The lowest BCUT2D eigenvalue weighted by atomic mass is 9.90. The van der Waals surface area contributed by atoms with E-state index in [0.717, 1.165) is 12.6 Å². The number of hydrogen-bond donors (Lipinski definition) is 1. The molecule has 0 spiro atoms. The molecule has 0 aliphatic carbocycles. The van der Waals surface area contributed by atoms with E-state index in [2.05, 4.69) is 10.3 Å². The zero-order valence-electron chi connectivity index (χ0n) is 9.96. The molecule has 0 saturated heterocycles. The molecule has 17 heavy (non-hydrogen) atoms. The van der Waals surface area contributed by atoms with Crippen LogP contribution in [0.1, 0.15) is 30.6 Å². The number of nitrogens with one attached hydrogen (secondary N) is 1. The summed E-state index contributed by atoms with van der Waals surface area (Å²) >= 11 is 5.66. The normalized spacial score (nSPS) is 11.3. The molecule has 0 fully saturated rings. The molecule has 1 rings (SSSR count). The van der Waals surface area contributed by atoms with Crippen molar-refractivity contribution in [3.05, 3.63) is 29.8 Å². The van der Waals surface area contributed by atoms with Crippen LogP contribution in [0.2, 0.25) is 0 Å². The van der Waals surface area contributed by atoms with Crippen LogP contribution in [-0.2, 0) is 0 Å². The lowest BCUT2D eigenvalue weighted by Crippen LogP contribution is -2.34. The smallest absolute Gasteiger partial charge is 0.254 e. The van der Waals surface area contributed by atoms with E-state index < -0.39 is 11.7 Å². The van der Waals surface area contributed by atoms with Gasteiger partial charge in [0.2, 0.25) is 0 Å². The van der Waals surface area contributed by atoms with Crippen LogP contribution < -0.4 is 5.32 Å². The molecular formula is C12H16ClFN2O. The molecule has 0 saturated carbocycles. The highest BCUT2D eigenvalue weighted by molar-refractivity contribution is 6.17. The maximum absolute atomic E-state index is 13.3. The molecule has 0 atom stereocenters. The molecular weight excluding hydrogens is 243 g/mol. The zero-order valence-corrected chi connectivity index (χ0v) is 10.7. The molecule has 0 radical (unpaired) electrons. The quantitative estimate of drug-likeness (QED) is 0.825. The van der Waals surface area contributed by atoms with Crippen molar-refractivity contribution in [2.24, 2.45) is 5.41 Å². The van der Waals surface area contributed by atoms with Crippen molar-refractivity contribution in [1.82, 2.24) is 10.3 Å². The first-order valence-electron chi connectivity index (χ1n) is 5.40. The molecule has 3 nitrogen and oxygen atoms in total. The van der Waals surface area contributed by atoms with Gasteiger partial charge in [-0.1, -0.05) is 13.8 Å². The topological polar surface area (TPSA) is 42.0 Å². The molecule has 94 valence electrons. The van der Waals surface area contributed by atoms with Crippen molar-refractivity contribution in [3.8, 4) is 0 Å². The Morgan fingerprint density at radius 3 is 2.88 bits per heavy atom. The van der Waals surface area contributed by atoms with E-state index in [4.69, 9.17) is 11.6 Å². The van der Waals surface area contributed by atoms with Crippen molar-refractivity contribution in [1.29, 1.82) is 0 Å². The van der Waals surface area contributed by atoms with E-state index >= 15 is 0 Å². The van der Waals surface area contributed by atoms with Gasteiger partial charge in [-0.15, -0.1) is 11.6 Å². The Hall–Kier alpha value is -1.16. The highest BCUT2D eigenvalue weighted by Crippen LogP contribution is 2.19. The van der Waals surface area contributed by atoms with E-state index in [1.54, 1.807) is 0 Å². The molecule has 1 N–H and O–H groups in total. The number of aromatic nitrogens is 1. The van der Waals surface area contributed by atoms with E-state index in [1.807, 2.05) is 13.8 Å². The summed E-state index contributed by atoms with van der Waals surface area (Å²) in [6, 6.07) is 1.36. The summed E-state index contributed by atoms with van der Waals surface area (Å²) in [5.41, 5.74) is -0.0809. The van der Waals surface area contributed by atoms with Gasteiger partial charge in [-0.05, 0) is 17.9 Å². The average Bonchev–Trinajstić information content (AvgIpc) is 2.27. The highest BCUT2D eigenvalue weighted by Gasteiger charge is 2.19. The molecule has 0 aromatic carbocycles. The molecule has 0 unspecified atom stereocenters. The number of nitrogens with zero attached hydrogens (tertiary/aromatic N) is 1. The Morgan fingerprint density at radius 1 is 1.59 bits per heavy atom. The minimum absolute atomic E-state index is 0.0154. The third-order valence-corrected chi connectivity index (χ3v) is 2.70. The first kappa shape index (κ1) is 13.9. The van der Waals surface area contributed by atoms with Gasteiger partial charge in [0, 0.05) is 18.6 Å². The van der Waals surface area contributed by atoms with Crippen LogP contribution in [-0.4, -0.2) is 23.3 Å². The van der Waals surface area contributed by atoms with Gasteiger partial charge in [-0.3, -0.25) is 9.78 Å². The average molecular weight is 259 g/mol. The van der Waals surface area contributed by atoms with Crippen molar-refractivity contribution in [2.75, 3.05) is 12.4 Å². The summed E-state index contributed by atoms with van der Waals surface area (Å²) in [6.07, 6.45) is 3.20. The van der Waals surface area contributed by atoms with Crippen LogP contribution in [0.4, 0.5) is 4.39 Å². The van der Waals surface area contributed by atoms with Crippen LogP contribution >= 0.6 is 11.6 Å². The summed E-state index contributed by atoms with van der Waals surface area (Å²) in [5.74, 6) is -0.500. The monoisotopic (exact) mass is 258 g/mol. The summed E-state index contributed by atoms with van der Waals surface area (Å²) in [7, 11) is 0. The van der Waals surface area contributed by atoms with Gasteiger partial charge in [0.15, 0.2) is 5.82 Å². The van der Waals surface area contributed by atoms with E-state index in [0.29, 0.717) is 12.4 Å². The molecule has 1 aromatic rings. The summed E-state index contributed by atoms with van der Waals surface area (Å²) in [5, 5.41) is 2.70. The molecule has 0 aliphatic rings. The SMILES string of the molecule is CC(C)(CCCl)CNC(=O)c1ccncc1F. The molecule has 0 bridgehead atoms. The van der Waals surface area contributed by atoms with Crippen LogP contribution in [0.25, 0.3) is 0 Å². The minimum Gasteiger partial charge on any atom is -0.351 e. The Morgan fingerprint density at radius 2 is 2.29 bits per heavy atom. The fraction of sp³-hybridized carbons (Fsp3) is 0.500. The number of rotatable bonds is 5. The standard InChI is InChI=1S/C12H16ClFN2O/c1-12(2,4-5-13)8-16-11(17)9-3-6-15-7-10(9)14/h3,6-7H,4-5,8H2,1-2H3,(H,16,17). The first-order valence-corrected chi connectivity index (χ1v) is 5.93. The molecule has 1 heterocycles. The van der Waals surface area contributed by atoms with Gasteiger partial charge in [0.1, 0.15) is 0 Å². The zero-order chi connectivity index (χ0) is 12.9. The number of pyridine rings is 1. The minimum atomic E-state index is -0.611. The van der Waals surface area contributed by atoms with Gasteiger partial charge < -0.3 is 5.32 Å². The van der Waals surface area contributed by atoms with E-state index in [-0.39, 0.29) is 11.0 Å².